The number of carbonyl (C=O) groups is 2. The van der Waals surface area contributed by atoms with Crippen LogP contribution in [0, 0.1) is 11.8 Å². The first kappa shape index (κ1) is 24.9. The van der Waals surface area contributed by atoms with Gasteiger partial charge in [-0.05, 0) is 67.7 Å². The maximum absolute atomic E-state index is 13.1. The average molecular weight is 521 g/mol. The lowest BCUT2D eigenvalue weighted by Gasteiger charge is -2.61. The molecule has 3 aliphatic carbocycles. The number of hydrogen-bond acceptors (Lipinski definition) is 8. The summed E-state index contributed by atoms with van der Waals surface area (Å²) in [5.74, 6) is 0.119. The minimum atomic E-state index is -1.52. The Morgan fingerprint density at radius 1 is 1.13 bits per heavy atom. The Kier molecular flexibility index (Phi) is 5.81. The molecule has 0 amide bonds. The van der Waals surface area contributed by atoms with Crippen molar-refractivity contribution in [1.29, 1.82) is 0 Å². The van der Waals surface area contributed by atoms with Gasteiger partial charge in [-0.1, -0.05) is 43.3 Å². The third kappa shape index (κ3) is 3.36. The summed E-state index contributed by atoms with van der Waals surface area (Å²) in [7, 11) is 1.58. The maximum Gasteiger partial charge on any atom is 0.352 e. The molecule has 200 valence electrons. The van der Waals surface area contributed by atoms with E-state index >= 15 is 0 Å². The molecule has 2 bridgehead atoms. The van der Waals surface area contributed by atoms with Crippen LogP contribution in [0.3, 0.4) is 0 Å². The van der Waals surface area contributed by atoms with E-state index in [1.807, 2.05) is 6.07 Å². The van der Waals surface area contributed by atoms with Crippen molar-refractivity contribution in [3.8, 4) is 11.5 Å². The Morgan fingerprint density at radius 2 is 1.89 bits per heavy atom. The molecule has 0 saturated heterocycles. The number of methoxy groups -OCH3 is 1. The second-order valence-electron chi connectivity index (χ2n) is 11.0. The lowest BCUT2D eigenvalue weighted by Crippen LogP contribution is -2.69. The number of ether oxygens (including phenoxy) is 4. The number of carbonyl (C=O) groups excluding carboxylic acids is 2. The van der Waals surface area contributed by atoms with Gasteiger partial charge in [0.1, 0.15) is 5.76 Å². The number of hydrogen-bond donors (Lipinski definition) is 2. The summed E-state index contributed by atoms with van der Waals surface area (Å²) in [4.78, 5) is 25.6. The molecule has 1 saturated carbocycles. The molecular formula is C30H32O8. The van der Waals surface area contributed by atoms with E-state index in [4.69, 9.17) is 18.9 Å². The van der Waals surface area contributed by atoms with Gasteiger partial charge >= 0.3 is 11.9 Å². The van der Waals surface area contributed by atoms with Crippen molar-refractivity contribution in [3.63, 3.8) is 0 Å². The molecule has 6 rings (SSSR count). The van der Waals surface area contributed by atoms with Crippen LogP contribution < -0.4 is 9.47 Å². The molecule has 8 nitrogen and oxygen atoms in total. The van der Waals surface area contributed by atoms with Crippen LogP contribution in [0.5, 0.6) is 11.5 Å². The highest BCUT2D eigenvalue weighted by Crippen LogP contribution is 2.68. The van der Waals surface area contributed by atoms with E-state index in [1.54, 1.807) is 43.5 Å². The Hall–Kier alpha value is -3.36. The molecule has 0 radical (unpaired) electrons. The summed E-state index contributed by atoms with van der Waals surface area (Å²) in [6.45, 7) is 3.59. The predicted molar refractivity (Wildman–Crippen MR) is 135 cm³/mol. The van der Waals surface area contributed by atoms with Gasteiger partial charge in [-0.2, -0.15) is 0 Å². The lowest BCUT2D eigenvalue weighted by molar-refractivity contribution is -0.178. The number of benzene rings is 2. The SMILES string of the molecule is COc1ccc2c3c1O[C@H]1C(OC(=O)[C@H](C)OC(=O)[C@@H](O)c4ccccc4)=CC[C@@]4(O)[C@@H](C2)C(C)CC[C@]314. The van der Waals surface area contributed by atoms with Gasteiger partial charge in [-0.25, -0.2) is 9.59 Å². The molecule has 2 aromatic carbocycles. The summed E-state index contributed by atoms with van der Waals surface area (Å²) in [5.41, 5.74) is 0.643. The summed E-state index contributed by atoms with van der Waals surface area (Å²) >= 11 is 0. The van der Waals surface area contributed by atoms with Crippen LogP contribution in [0.25, 0.3) is 0 Å². The van der Waals surface area contributed by atoms with Crippen LogP contribution in [0.4, 0.5) is 0 Å². The molecule has 1 spiro atoms. The highest BCUT2D eigenvalue weighted by molar-refractivity contribution is 5.82. The van der Waals surface area contributed by atoms with Gasteiger partial charge in [0.15, 0.2) is 29.8 Å². The fourth-order valence-electron chi connectivity index (χ4n) is 7.22. The molecule has 1 heterocycles. The van der Waals surface area contributed by atoms with Crippen molar-refractivity contribution < 1.29 is 38.7 Å². The van der Waals surface area contributed by atoms with E-state index in [2.05, 4.69) is 13.0 Å². The smallest absolute Gasteiger partial charge is 0.352 e. The molecule has 8 heteroatoms. The third-order valence-electron chi connectivity index (χ3n) is 9.12. The monoisotopic (exact) mass is 520 g/mol. The molecule has 1 unspecified atom stereocenters. The summed E-state index contributed by atoms with van der Waals surface area (Å²) in [6, 6.07) is 12.3. The van der Waals surface area contributed by atoms with Crippen LogP contribution in [0.1, 0.15) is 55.9 Å². The first-order chi connectivity index (χ1) is 18.2. The van der Waals surface area contributed by atoms with Crippen LogP contribution >= 0.6 is 0 Å². The molecular weight excluding hydrogens is 488 g/mol. The van der Waals surface area contributed by atoms with Crippen molar-refractivity contribution in [3.05, 3.63) is 71.0 Å². The number of esters is 2. The molecule has 4 aliphatic rings. The maximum atomic E-state index is 13.1. The fraction of sp³-hybridized carbons (Fsp3) is 0.467. The van der Waals surface area contributed by atoms with E-state index in [9.17, 15) is 19.8 Å². The zero-order valence-corrected chi connectivity index (χ0v) is 21.7. The van der Waals surface area contributed by atoms with Gasteiger partial charge in [0, 0.05) is 5.56 Å². The molecule has 0 aromatic heterocycles. The molecule has 38 heavy (non-hydrogen) atoms. The minimum Gasteiger partial charge on any atom is -0.493 e. The van der Waals surface area contributed by atoms with Gasteiger partial charge in [-0.15, -0.1) is 0 Å². The highest BCUT2D eigenvalue weighted by atomic mass is 16.6. The minimum absolute atomic E-state index is 0.0436. The topological polar surface area (TPSA) is 112 Å². The van der Waals surface area contributed by atoms with Crippen LogP contribution in [0.15, 0.2) is 54.3 Å². The van der Waals surface area contributed by atoms with Gasteiger partial charge in [0.2, 0.25) is 0 Å². The van der Waals surface area contributed by atoms with E-state index in [1.165, 1.54) is 6.92 Å². The second kappa shape index (κ2) is 8.85. The molecule has 1 fully saturated rings. The van der Waals surface area contributed by atoms with E-state index < -0.39 is 41.3 Å². The van der Waals surface area contributed by atoms with Gasteiger partial charge in [0.05, 0.1) is 18.1 Å². The van der Waals surface area contributed by atoms with E-state index in [0.29, 0.717) is 41.6 Å². The van der Waals surface area contributed by atoms with Gasteiger partial charge in [0.25, 0.3) is 0 Å². The van der Waals surface area contributed by atoms with Crippen molar-refractivity contribution in [2.75, 3.05) is 7.11 Å². The Labute approximate surface area is 221 Å². The fourth-order valence-corrected chi connectivity index (χ4v) is 7.22. The summed E-state index contributed by atoms with van der Waals surface area (Å²) < 4.78 is 23.2. The van der Waals surface area contributed by atoms with Gasteiger partial charge in [-0.3, -0.25) is 0 Å². The quantitative estimate of drug-likeness (QED) is 0.557. The van der Waals surface area contributed by atoms with Crippen molar-refractivity contribution in [1.82, 2.24) is 0 Å². The lowest BCUT2D eigenvalue weighted by atomic mass is 9.45. The van der Waals surface area contributed by atoms with Crippen LogP contribution in [-0.2, 0) is 30.9 Å². The zero-order valence-electron chi connectivity index (χ0n) is 21.7. The van der Waals surface area contributed by atoms with Crippen LogP contribution in [-0.4, -0.2) is 47.1 Å². The Balaban J connectivity index is 1.28. The number of aliphatic hydroxyl groups excluding tert-OH is 1. The largest absolute Gasteiger partial charge is 0.493 e. The van der Waals surface area contributed by atoms with Crippen molar-refractivity contribution in [2.24, 2.45) is 11.8 Å². The molecule has 2 N–H and O–H groups in total. The van der Waals surface area contributed by atoms with Crippen molar-refractivity contribution in [2.45, 2.75) is 68.9 Å². The summed E-state index contributed by atoms with van der Waals surface area (Å²) in [6.07, 6.45) is 0.905. The first-order valence-electron chi connectivity index (χ1n) is 13.2. The number of rotatable bonds is 6. The average Bonchev–Trinajstić information content (AvgIpc) is 3.28. The van der Waals surface area contributed by atoms with Crippen LogP contribution in [0.2, 0.25) is 0 Å². The predicted octanol–water partition coefficient (Wildman–Crippen LogP) is 3.52. The standard InChI is InChI=1S/C30H32O8/c1-16-11-13-29-23-19-9-10-21(35-3)25(23)38-26(29)22(12-14-30(29,34)20(16)15-19)37-27(32)17(2)36-28(33)24(31)18-7-5-4-6-8-18/h4-10,12,16-17,20,24,26,31,34H,11,13-15H2,1-3H3/t16?,17-,20-,24-,26-,29-,30+/m0/s1. The normalized spacial score (nSPS) is 31.7. The molecule has 1 aliphatic heterocycles. The van der Waals surface area contributed by atoms with Gasteiger partial charge < -0.3 is 29.2 Å². The zero-order chi connectivity index (χ0) is 26.8. The Morgan fingerprint density at radius 3 is 2.63 bits per heavy atom. The van der Waals surface area contributed by atoms with E-state index in [-0.39, 0.29) is 5.92 Å². The van der Waals surface area contributed by atoms with E-state index in [0.717, 1.165) is 24.0 Å². The first-order valence-corrected chi connectivity index (χ1v) is 13.2. The Bertz CT molecular complexity index is 1320. The highest BCUT2D eigenvalue weighted by Gasteiger charge is 2.72. The summed E-state index contributed by atoms with van der Waals surface area (Å²) in [5, 5.41) is 22.6. The molecule has 7 atom stereocenters. The van der Waals surface area contributed by atoms with Crippen molar-refractivity contribution >= 4 is 11.9 Å². The molecule has 2 aromatic rings. The number of aliphatic hydroxyl groups is 2. The third-order valence-corrected chi connectivity index (χ3v) is 9.12. The second-order valence-corrected chi connectivity index (χ2v) is 11.0.